The Kier molecular flexibility index (Phi) is 4.81. The molecule has 19 heavy (non-hydrogen) atoms. The molecular weight excluding hydrogens is 238 g/mol. The standard InChI is InChI=1S/C16H19NO2/c1-18-15-7-5-14(6-8-15)12-19-16-4-2-3-13(11-16)9-10-17/h2-8,11H,9-10,12,17H2,1H3. The maximum Gasteiger partial charge on any atom is 0.120 e. The third-order valence-electron chi connectivity index (χ3n) is 2.90. The van der Waals surface area contributed by atoms with Gasteiger partial charge in [0.05, 0.1) is 7.11 Å². The molecule has 3 heteroatoms. The molecule has 0 aliphatic carbocycles. The van der Waals surface area contributed by atoms with Gasteiger partial charge in [-0.05, 0) is 48.4 Å². The Balaban J connectivity index is 1.95. The van der Waals surface area contributed by atoms with Gasteiger partial charge in [-0.2, -0.15) is 0 Å². The lowest BCUT2D eigenvalue weighted by Crippen LogP contribution is -2.03. The van der Waals surface area contributed by atoms with Crippen molar-refractivity contribution in [3.63, 3.8) is 0 Å². The zero-order valence-electron chi connectivity index (χ0n) is 11.1. The van der Waals surface area contributed by atoms with Crippen molar-refractivity contribution in [2.45, 2.75) is 13.0 Å². The van der Waals surface area contributed by atoms with E-state index in [1.54, 1.807) is 7.11 Å². The SMILES string of the molecule is COc1ccc(COc2cccc(CCN)c2)cc1. The Hall–Kier alpha value is -2.00. The Morgan fingerprint density at radius 3 is 2.42 bits per heavy atom. The second kappa shape index (κ2) is 6.81. The first kappa shape index (κ1) is 13.4. The van der Waals surface area contributed by atoms with Crippen LogP contribution in [-0.4, -0.2) is 13.7 Å². The topological polar surface area (TPSA) is 44.5 Å². The van der Waals surface area contributed by atoms with Gasteiger partial charge < -0.3 is 15.2 Å². The highest BCUT2D eigenvalue weighted by atomic mass is 16.5. The minimum absolute atomic E-state index is 0.552. The number of nitrogens with two attached hydrogens (primary N) is 1. The molecule has 2 N–H and O–H groups in total. The summed E-state index contributed by atoms with van der Waals surface area (Å²) in [7, 11) is 1.66. The number of benzene rings is 2. The Morgan fingerprint density at radius 2 is 1.74 bits per heavy atom. The van der Waals surface area contributed by atoms with Crippen LogP contribution in [0, 0.1) is 0 Å². The van der Waals surface area contributed by atoms with Crippen LogP contribution in [0.3, 0.4) is 0 Å². The molecule has 0 spiro atoms. The summed E-state index contributed by atoms with van der Waals surface area (Å²) in [5.41, 5.74) is 7.87. The molecule has 2 aromatic rings. The molecule has 0 radical (unpaired) electrons. The molecule has 2 aromatic carbocycles. The van der Waals surface area contributed by atoms with Crippen molar-refractivity contribution in [2.75, 3.05) is 13.7 Å². The summed E-state index contributed by atoms with van der Waals surface area (Å²) in [5, 5.41) is 0. The van der Waals surface area contributed by atoms with Gasteiger partial charge in [0.15, 0.2) is 0 Å². The van der Waals surface area contributed by atoms with Crippen molar-refractivity contribution in [1.29, 1.82) is 0 Å². The lowest BCUT2D eigenvalue weighted by molar-refractivity contribution is 0.305. The summed E-state index contributed by atoms with van der Waals surface area (Å²) in [6.45, 7) is 1.21. The number of ether oxygens (including phenoxy) is 2. The van der Waals surface area contributed by atoms with Crippen LogP contribution < -0.4 is 15.2 Å². The number of methoxy groups -OCH3 is 1. The molecule has 0 saturated heterocycles. The first-order valence-electron chi connectivity index (χ1n) is 6.36. The van der Waals surface area contributed by atoms with Crippen LogP contribution in [0.25, 0.3) is 0 Å². The molecule has 0 aliphatic heterocycles. The van der Waals surface area contributed by atoms with Crippen LogP contribution >= 0.6 is 0 Å². The van der Waals surface area contributed by atoms with Crippen molar-refractivity contribution in [2.24, 2.45) is 5.73 Å². The van der Waals surface area contributed by atoms with Gasteiger partial charge in [0.1, 0.15) is 18.1 Å². The highest BCUT2D eigenvalue weighted by Gasteiger charge is 1.99. The minimum atomic E-state index is 0.552. The quantitative estimate of drug-likeness (QED) is 0.865. The van der Waals surface area contributed by atoms with Crippen molar-refractivity contribution in [3.8, 4) is 11.5 Å². The van der Waals surface area contributed by atoms with Gasteiger partial charge in [0, 0.05) is 0 Å². The van der Waals surface area contributed by atoms with Crippen LogP contribution in [0.5, 0.6) is 11.5 Å². The maximum absolute atomic E-state index is 5.77. The lowest BCUT2D eigenvalue weighted by atomic mass is 10.1. The largest absolute Gasteiger partial charge is 0.497 e. The van der Waals surface area contributed by atoms with E-state index in [1.807, 2.05) is 42.5 Å². The average molecular weight is 257 g/mol. The van der Waals surface area contributed by atoms with Gasteiger partial charge in [-0.25, -0.2) is 0 Å². The summed E-state index contributed by atoms with van der Waals surface area (Å²) in [6, 6.07) is 15.9. The van der Waals surface area contributed by atoms with E-state index in [2.05, 4.69) is 6.07 Å². The first-order chi connectivity index (χ1) is 9.31. The third kappa shape index (κ3) is 4.00. The zero-order chi connectivity index (χ0) is 13.5. The minimum Gasteiger partial charge on any atom is -0.497 e. The molecule has 0 bridgehead atoms. The van der Waals surface area contributed by atoms with Gasteiger partial charge in [-0.3, -0.25) is 0 Å². The predicted octanol–water partition coefficient (Wildman–Crippen LogP) is 2.78. The molecule has 0 atom stereocenters. The maximum atomic E-state index is 5.77. The average Bonchev–Trinajstić information content (AvgIpc) is 2.46. The third-order valence-corrected chi connectivity index (χ3v) is 2.90. The van der Waals surface area contributed by atoms with E-state index in [0.717, 1.165) is 23.5 Å². The number of hydrogen-bond acceptors (Lipinski definition) is 3. The fourth-order valence-corrected chi connectivity index (χ4v) is 1.85. The van der Waals surface area contributed by atoms with E-state index in [-0.39, 0.29) is 0 Å². The highest BCUT2D eigenvalue weighted by molar-refractivity contribution is 5.30. The van der Waals surface area contributed by atoms with E-state index in [1.165, 1.54) is 5.56 Å². The van der Waals surface area contributed by atoms with E-state index in [0.29, 0.717) is 13.2 Å². The van der Waals surface area contributed by atoms with Crippen LogP contribution in [0.4, 0.5) is 0 Å². The van der Waals surface area contributed by atoms with Crippen LogP contribution in [0.15, 0.2) is 48.5 Å². The molecule has 0 heterocycles. The first-order valence-corrected chi connectivity index (χ1v) is 6.36. The molecule has 0 amide bonds. The Morgan fingerprint density at radius 1 is 0.947 bits per heavy atom. The molecule has 100 valence electrons. The molecule has 0 saturated carbocycles. The molecule has 0 unspecified atom stereocenters. The fraction of sp³-hybridized carbons (Fsp3) is 0.250. The van der Waals surface area contributed by atoms with Crippen LogP contribution in [-0.2, 0) is 13.0 Å². The summed E-state index contributed by atoms with van der Waals surface area (Å²) >= 11 is 0. The van der Waals surface area contributed by atoms with Gasteiger partial charge in [-0.1, -0.05) is 24.3 Å². The Labute approximate surface area is 114 Å². The predicted molar refractivity (Wildman–Crippen MR) is 76.5 cm³/mol. The summed E-state index contributed by atoms with van der Waals surface area (Å²) in [6.07, 6.45) is 0.875. The second-order valence-corrected chi connectivity index (χ2v) is 4.32. The molecule has 0 aliphatic rings. The summed E-state index contributed by atoms with van der Waals surface area (Å²) in [5.74, 6) is 1.73. The normalized spacial score (nSPS) is 10.2. The van der Waals surface area contributed by atoms with Gasteiger partial charge in [0.2, 0.25) is 0 Å². The van der Waals surface area contributed by atoms with E-state index >= 15 is 0 Å². The molecule has 2 rings (SSSR count). The van der Waals surface area contributed by atoms with Gasteiger partial charge in [0.25, 0.3) is 0 Å². The molecule has 0 aromatic heterocycles. The van der Waals surface area contributed by atoms with Crippen molar-refractivity contribution in [1.82, 2.24) is 0 Å². The second-order valence-electron chi connectivity index (χ2n) is 4.32. The lowest BCUT2D eigenvalue weighted by Gasteiger charge is -2.08. The van der Waals surface area contributed by atoms with E-state index < -0.39 is 0 Å². The zero-order valence-corrected chi connectivity index (χ0v) is 11.1. The summed E-state index contributed by atoms with van der Waals surface area (Å²) in [4.78, 5) is 0. The molecular formula is C16H19NO2. The highest BCUT2D eigenvalue weighted by Crippen LogP contribution is 2.17. The van der Waals surface area contributed by atoms with Crippen molar-refractivity contribution in [3.05, 3.63) is 59.7 Å². The monoisotopic (exact) mass is 257 g/mol. The van der Waals surface area contributed by atoms with Crippen LogP contribution in [0.1, 0.15) is 11.1 Å². The number of rotatable bonds is 6. The smallest absolute Gasteiger partial charge is 0.120 e. The molecule has 0 fully saturated rings. The van der Waals surface area contributed by atoms with Crippen LogP contribution in [0.2, 0.25) is 0 Å². The summed E-state index contributed by atoms with van der Waals surface area (Å²) < 4.78 is 10.9. The van der Waals surface area contributed by atoms with E-state index in [4.69, 9.17) is 15.2 Å². The van der Waals surface area contributed by atoms with Crippen molar-refractivity contribution >= 4 is 0 Å². The Bertz CT molecular complexity index is 508. The fourth-order valence-electron chi connectivity index (χ4n) is 1.85. The van der Waals surface area contributed by atoms with Gasteiger partial charge >= 0.3 is 0 Å². The van der Waals surface area contributed by atoms with E-state index in [9.17, 15) is 0 Å². The molecule has 3 nitrogen and oxygen atoms in total. The number of hydrogen-bond donors (Lipinski definition) is 1. The van der Waals surface area contributed by atoms with Crippen molar-refractivity contribution < 1.29 is 9.47 Å². The van der Waals surface area contributed by atoms with Gasteiger partial charge in [-0.15, -0.1) is 0 Å².